The summed E-state index contributed by atoms with van der Waals surface area (Å²) < 4.78 is 0. The molecule has 0 atom stereocenters. The number of hydrogen-bond donors (Lipinski definition) is 1. The Bertz CT molecular complexity index is 1080. The first-order valence-electron chi connectivity index (χ1n) is 6.58. The standard InChI is InChI=1S/C18H9N2.Ru/c1-3-11-6-7-13-14-8-9-16-15(5-2-10-19-16)18(14)20-17(13)12(11)4-1;/h2-4,6-10,20H;/q-1;+1. The molecule has 3 heteroatoms. The van der Waals surface area contributed by atoms with Crippen LogP contribution in [0.3, 0.4) is 0 Å². The van der Waals surface area contributed by atoms with Crippen LogP contribution in [0.5, 0.6) is 0 Å². The van der Waals surface area contributed by atoms with Crippen LogP contribution < -0.4 is 0 Å². The largest absolute Gasteiger partial charge is 1.00 e. The molecule has 2 aromatic carbocycles. The maximum atomic E-state index is 4.40. The van der Waals surface area contributed by atoms with E-state index in [9.17, 15) is 0 Å². The van der Waals surface area contributed by atoms with Crippen molar-refractivity contribution in [3.8, 4) is 0 Å². The van der Waals surface area contributed by atoms with E-state index in [4.69, 9.17) is 0 Å². The van der Waals surface area contributed by atoms with Crippen molar-refractivity contribution in [3.05, 3.63) is 59.5 Å². The number of nitrogens with one attached hydrogen (secondary N) is 1. The van der Waals surface area contributed by atoms with Crippen molar-refractivity contribution in [2.24, 2.45) is 0 Å². The van der Waals surface area contributed by atoms with Crippen LogP contribution in [0, 0.1) is 6.07 Å². The third-order valence-corrected chi connectivity index (χ3v) is 3.99. The summed E-state index contributed by atoms with van der Waals surface area (Å²) in [5.74, 6) is 0. The molecular formula is C18H9N2Ru. The molecular weight excluding hydrogens is 345 g/mol. The molecule has 0 aliphatic heterocycles. The summed E-state index contributed by atoms with van der Waals surface area (Å²) in [5, 5.41) is 3.51. The first kappa shape index (κ1) is 12.5. The third-order valence-electron chi connectivity index (χ3n) is 3.99. The van der Waals surface area contributed by atoms with Crippen LogP contribution in [0.25, 0.3) is 44.9 Å². The van der Waals surface area contributed by atoms with Crippen LogP contribution in [-0.4, -0.2) is 9.97 Å². The average Bonchev–Trinajstić information content (AvgIpc) is 3.10. The molecule has 0 saturated carbocycles. The second kappa shape index (κ2) is 4.39. The minimum atomic E-state index is 0. The number of pyridine rings is 1. The molecule has 1 aliphatic carbocycles. The zero-order valence-electron chi connectivity index (χ0n) is 10.9. The molecule has 0 amide bonds. The van der Waals surface area contributed by atoms with Crippen LogP contribution in [0.4, 0.5) is 0 Å². The molecule has 5 rings (SSSR count). The molecule has 0 bridgehead atoms. The fraction of sp³-hybridized carbons (Fsp3) is 0. The van der Waals surface area contributed by atoms with Crippen molar-refractivity contribution in [1.82, 2.24) is 9.97 Å². The van der Waals surface area contributed by atoms with Gasteiger partial charge in [-0.05, 0) is 39.5 Å². The second-order valence-corrected chi connectivity index (χ2v) is 5.04. The van der Waals surface area contributed by atoms with Crippen molar-refractivity contribution in [2.45, 2.75) is 0 Å². The number of aromatic nitrogens is 2. The van der Waals surface area contributed by atoms with Gasteiger partial charge in [-0.25, -0.2) is 0 Å². The number of H-pyrrole nitrogens is 1. The fourth-order valence-corrected chi connectivity index (χ4v) is 3.05. The molecule has 0 fully saturated rings. The number of fused-ring (bicyclic) bond motifs is 7. The van der Waals surface area contributed by atoms with Gasteiger partial charge in [-0.15, -0.1) is 23.3 Å². The van der Waals surface area contributed by atoms with E-state index in [0.717, 1.165) is 16.4 Å². The number of nitrogens with zero attached hydrogens (tertiary/aromatic N) is 1. The van der Waals surface area contributed by atoms with Gasteiger partial charge >= 0.3 is 19.5 Å². The Morgan fingerprint density at radius 1 is 1.00 bits per heavy atom. The monoisotopic (exact) mass is 355 g/mol. The Morgan fingerprint density at radius 2 is 1.86 bits per heavy atom. The SMILES string of the molecule is C1=Cc2ccc3c([nH]c4c5[c-]ccnc5ccc34)c2C=1.[Ru+]. The summed E-state index contributed by atoms with van der Waals surface area (Å²) in [4.78, 5) is 7.96. The normalized spacial score (nSPS) is 12.2. The Morgan fingerprint density at radius 3 is 2.81 bits per heavy atom. The minimum Gasteiger partial charge on any atom is -0.393 e. The number of aromatic amines is 1. The third kappa shape index (κ3) is 1.59. The van der Waals surface area contributed by atoms with Crippen molar-refractivity contribution in [1.29, 1.82) is 0 Å². The molecule has 0 saturated heterocycles. The Hall–Kier alpha value is -2.21. The van der Waals surface area contributed by atoms with Gasteiger partial charge in [0.2, 0.25) is 0 Å². The van der Waals surface area contributed by atoms with E-state index < -0.39 is 0 Å². The Kier molecular flexibility index (Phi) is 2.62. The summed E-state index contributed by atoms with van der Waals surface area (Å²) >= 11 is 0. The van der Waals surface area contributed by atoms with Gasteiger partial charge in [-0.3, -0.25) is 0 Å². The molecule has 99 valence electrons. The van der Waals surface area contributed by atoms with E-state index in [1.54, 1.807) is 6.20 Å². The van der Waals surface area contributed by atoms with Gasteiger partial charge in [-0.1, -0.05) is 30.5 Å². The molecule has 0 unspecified atom stereocenters. The van der Waals surface area contributed by atoms with Crippen LogP contribution in [0.2, 0.25) is 0 Å². The molecule has 2 nitrogen and oxygen atoms in total. The van der Waals surface area contributed by atoms with Gasteiger partial charge < -0.3 is 9.97 Å². The van der Waals surface area contributed by atoms with Crippen LogP contribution >= 0.6 is 0 Å². The van der Waals surface area contributed by atoms with Gasteiger partial charge in [0, 0.05) is 11.1 Å². The van der Waals surface area contributed by atoms with Gasteiger partial charge in [0.25, 0.3) is 0 Å². The van der Waals surface area contributed by atoms with Gasteiger partial charge in [0.05, 0.1) is 0 Å². The molecule has 1 aliphatic rings. The summed E-state index contributed by atoms with van der Waals surface area (Å²) in [6.07, 6.45) is 5.84. The maximum absolute atomic E-state index is 4.40. The molecule has 2 aromatic heterocycles. The minimum absolute atomic E-state index is 0. The van der Waals surface area contributed by atoms with Crippen molar-refractivity contribution in [2.75, 3.05) is 0 Å². The predicted molar refractivity (Wildman–Crippen MR) is 82.4 cm³/mol. The second-order valence-electron chi connectivity index (χ2n) is 5.04. The number of benzene rings is 2. The fourth-order valence-electron chi connectivity index (χ4n) is 3.05. The van der Waals surface area contributed by atoms with Crippen molar-refractivity contribution in [3.63, 3.8) is 0 Å². The van der Waals surface area contributed by atoms with Crippen molar-refractivity contribution >= 4 is 44.9 Å². The van der Waals surface area contributed by atoms with Crippen molar-refractivity contribution < 1.29 is 19.5 Å². The molecule has 4 aromatic rings. The maximum Gasteiger partial charge on any atom is 1.00 e. The quantitative estimate of drug-likeness (QED) is 0.251. The average molecular weight is 354 g/mol. The molecule has 0 spiro atoms. The van der Waals surface area contributed by atoms with Gasteiger partial charge in [0.1, 0.15) is 0 Å². The van der Waals surface area contributed by atoms with E-state index in [2.05, 4.69) is 46.0 Å². The first-order chi connectivity index (χ1) is 9.92. The van der Waals surface area contributed by atoms with Gasteiger partial charge in [-0.2, -0.15) is 0 Å². The molecule has 1 N–H and O–H groups in total. The predicted octanol–water partition coefficient (Wildman–Crippen LogP) is 4.31. The summed E-state index contributed by atoms with van der Waals surface area (Å²) in [6, 6.07) is 13.7. The van der Waals surface area contributed by atoms with Crippen LogP contribution in [-0.2, 0) is 19.5 Å². The first-order valence-corrected chi connectivity index (χ1v) is 6.58. The van der Waals surface area contributed by atoms with E-state index in [0.29, 0.717) is 0 Å². The van der Waals surface area contributed by atoms with Gasteiger partial charge in [0.15, 0.2) is 0 Å². The smallest absolute Gasteiger partial charge is 0.393 e. The Labute approximate surface area is 133 Å². The molecule has 2 heterocycles. The zero-order chi connectivity index (χ0) is 13.1. The summed E-state index contributed by atoms with van der Waals surface area (Å²) in [7, 11) is 0. The van der Waals surface area contributed by atoms with Crippen LogP contribution in [0.1, 0.15) is 11.1 Å². The molecule has 21 heavy (non-hydrogen) atoms. The van der Waals surface area contributed by atoms with E-state index in [-0.39, 0.29) is 19.5 Å². The number of hydrogen-bond acceptors (Lipinski definition) is 1. The summed E-state index contributed by atoms with van der Waals surface area (Å²) in [5.41, 5.74) is 8.86. The van der Waals surface area contributed by atoms with Crippen LogP contribution in [0.15, 0.2) is 42.3 Å². The topological polar surface area (TPSA) is 28.7 Å². The summed E-state index contributed by atoms with van der Waals surface area (Å²) in [6.45, 7) is 0. The molecule has 1 radical (unpaired) electrons. The van der Waals surface area contributed by atoms with E-state index in [1.807, 2.05) is 18.2 Å². The Balaban J connectivity index is 0.00000115. The zero-order valence-corrected chi connectivity index (χ0v) is 12.7. The number of rotatable bonds is 0. The van der Waals surface area contributed by atoms with E-state index in [1.165, 1.54) is 27.4 Å². The van der Waals surface area contributed by atoms with E-state index >= 15 is 0 Å².